The molecule has 0 bridgehead atoms. The first-order valence-electron chi connectivity index (χ1n) is 11.8. The van der Waals surface area contributed by atoms with Crippen LogP contribution in [0.2, 0.25) is 0 Å². The van der Waals surface area contributed by atoms with E-state index in [2.05, 4.69) is 15.6 Å². The zero-order chi connectivity index (χ0) is 26.0. The van der Waals surface area contributed by atoms with Crippen molar-refractivity contribution in [1.82, 2.24) is 15.5 Å². The van der Waals surface area contributed by atoms with E-state index in [1.165, 1.54) is 4.90 Å². The molecule has 12 heteroatoms. The van der Waals surface area contributed by atoms with Crippen LogP contribution in [0.15, 0.2) is 4.99 Å². The van der Waals surface area contributed by atoms with E-state index in [9.17, 15) is 24.3 Å². The molecule has 34 heavy (non-hydrogen) atoms. The van der Waals surface area contributed by atoms with Crippen LogP contribution in [-0.4, -0.2) is 76.9 Å². The number of guanidine groups is 1. The Morgan fingerprint density at radius 1 is 1.09 bits per heavy atom. The van der Waals surface area contributed by atoms with E-state index < -0.39 is 47.9 Å². The number of nitrogens with zero attached hydrogens (tertiary/aromatic N) is 2. The lowest BCUT2D eigenvalue weighted by Gasteiger charge is -2.30. The number of likely N-dealkylation sites (tertiary alicyclic amines) is 1. The number of hydrogen-bond acceptors (Lipinski definition) is 6. The fraction of sp³-hybridized carbons (Fsp3) is 0.773. The normalized spacial score (nSPS) is 18.3. The molecule has 0 aromatic carbocycles. The molecule has 0 radical (unpaired) electrons. The molecule has 12 nitrogen and oxygen atoms in total. The zero-order valence-electron chi connectivity index (χ0n) is 20.6. The molecule has 1 rings (SSSR count). The summed E-state index contributed by atoms with van der Waals surface area (Å²) >= 11 is 0. The first kappa shape index (κ1) is 29.1. The van der Waals surface area contributed by atoms with Gasteiger partial charge in [0.15, 0.2) is 5.96 Å². The van der Waals surface area contributed by atoms with E-state index in [4.69, 9.17) is 17.2 Å². The van der Waals surface area contributed by atoms with Crippen LogP contribution in [0.3, 0.4) is 0 Å². The summed E-state index contributed by atoms with van der Waals surface area (Å²) in [7, 11) is 0. The highest BCUT2D eigenvalue weighted by Gasteiger charge is 2.38. The maximum Gasteiger partial charge on any atom is 0.326 e. The van der Waals surface area contributed by atoms with Crippen molar-refractivity contribution in [2.24, 2.45) is 34.0 Å². The van der Waals surface area contributed by atoms with Crippen molar-refractivity contribution in [2.45, 2.75) is 84.0 Å². The van der Waals surface area contributed by atoms with Gasteiger partial charge in [0.1, 0.15) is 18.1 Å². The minimum absolute atomic E-state index is 0.0383. The Kier molecular flexibility index (Phi) is 11.8. The number of nitrogens with two attached hydrogens (primary N) is 3. The third-order valence-corrected chi connectivity index (χ3v) is 5.69. The Balaban J connectivity index is 2.86. The highest BCUT2D eigenvalue weighted by atomic mass is 16.4. The van der Waals surface area contributed by atoms with Crippen LogP contribution in [0.4, 0.5) is 0 Å². The molecule has 1 heterocycles. The highest BCUT2D eigenvalue weighted by molar-refractivity contribution is 5.94. The molecular formula is C22H41N7O5. The predicted molar refractivity (Wildman–Crippen MR) is 128 cm³/mol. The van der Waals surface area contributed by atoms with Crippen LogP contribution >= 0.6 is 0 Å². The zero-order valence-corrected chi connectivity index (χ0v) is 20.6. The molecule has 194 valence electrons. The van der Waals surface area contributed by atoms with Crippen LogP contribution < -0.4 is 27.8 Å². The molecule has 9 N–H and O–H groups in total. The SMILES string of the molecule is CC(C)CC(NC(=O)C(NC(=O)C(N)CCCN=C(N)N)C(C)C)C(=O)N1CCCC1C(=O)O. The van der Waals surface area contributed by atoms with E-state index in [0.29, 0.717) is 45.2 Å². The Morgan fingerprint density at radius 3 is 2.26 bits per heavy atom. The summed E-state index contributed by atoms with van der Waals surface area (Å²) in [6.07, 6.45) is 2.15. The first-order valence-corrected chi connectivity index (χ1v) is 11.8. The molecule has 4 unspecified atom stereocenters. The second-order valence-corrected chi connectivity index (χ2v) is 9.50. The Labute approximate surface area is 201 Å². The topological polar surface area (TPSA) is 206 Å². The summed E-state index contributed by atoms with van der Waals surface area (Å²) in [5.74, 6) is -2.71. The molecule has 0 saturated carbocycles. The minimum Gasteiger partial charge on any atom is -0.480 e. The number of aliphatic imine (C=N–C) groups is 1. The lowest BCUT2D eigenvalue weighted by atomic mass is 9.99. The molecule has 1 aliphatic heterocycles. The summed E-state index contributed by atoms with van der Waals surface area (Å²) in [6, 6.07) is -3.54. The van der Waals surface area contributed by atoms with Gasteiger partial charge in [-0.15, -0.1) is 0 Å². The van der Waals surface area contributed by atoms with Gasteiger partial charge in [-0.1, -0.05) is 27.7 Å². The third kappa shape index (κ3) is 9.16. The number of rotatable bonds is 13. The molecule has 0 aromatic rings. The number of hydrogen-bond donors (Lipinski definition) is 6. The van der Waals surface area contributed by atoms with Crippen molar-refractivity contribution < 1.29 is 24.3 Å². The third-order valence-electron chi connectivity index (χ3n) is 5.69. The molecule has 0 aliphatic carbocycles. The lowest BCUT2D eigenvalue weighted by molar-refractivity contribution is -0.149. The monoisotopic (exact) mass is 483 g/mol. The number of carboxylic acid groups (broad SMARTS) is 1. The van der Waals surface area contributed by atoms with Crippen molar-refractivity contribution in [3.63, 3.8) is 0 Å². The average molecular weight is 484 g/mol. The van der Waals surface area contributed by atoms with Crippen molar-refractivity contribution in [1.29, 1.82) is 0 Å². The van der Waals surface area contributed by atoms with Crippen molar-refractivity contribution in [2.75, 3.05) is 13.1 Å². The van der Waals surface area contributed by atoms with Gasteiger partial charge in [0.2, 0.25) is 17.7 Å². The molecule has 3 amide bonds. The van der Waals surface area contributed by atoms with Gasteiger partial charge in [-0.05, 0) is 43.9 Å². The fourth-order valence-corrected chi connectivity index (χ4v) is 3.89. The van der Waals surface area contributed by atoms with E-state index in [0.717, 1.165) is 0 Å². The number of carbonyl (C=O) groups excluding carboxylic acids is 3. The quantitative estimate of drug-likeness (QED) is 0.110. The van der Waals surface area contributed by atoms with Crippen LogP contribution in [0.5, 0.6) is 0 Å². The predicted octanol–water partition coefficient (Wildman–Crippen LogP) is -0.885. The molecule has 0 aromatic heterocycles. The van der Waals surface area contributed by atoms with Gasteiger partial charge in [0.05, 0.1) is 6.04 Å². The molecule has 4 atom stereocenters. The number of aliphatic carboxylic acids is 1. The van der Waals surface area contributed by atoms with Gasteiger partial charge in [0, 0.05) is 13.1 Å². The first-order chi connectivity index (χ1) is 15.8. The number of carbonyl (C=O) groups is 4. The Morgan fingerprint density at radius 2 is 1.74 bits per heavy atom. The Bertz CT molecular complexity index is 752. The van der Waals surface area contributed by atoms with Crippen molar-refractivity contribution >= 4 is 29.7 Å². The summed E-state index contributed by atoms with van der Waals surface area (Å²) in [4.78, 5) is 55.5. The second-order valence-electron chi connectivity index (χ2n) is 9.50. The standard InChI is InChI=1S/C22H41N7O5/c1-12(2)11-15(20(32)29-10-6-8-16(29)21(33)34)27-19(31)17(13(3)4)28-18(30)14(23)7-5-9-26-22(24)25/h12-17H,5-11,23H2,1-4H3,(H,27,31)(H,28,30)(H,33,34)(H4,24,25,26). The number of nitrogens with one attached hydrogen (secondary N) is 2. The van der Waals surface area contributed by atoms with Gasteiger partial charge in [-0.3, -0.25) is 19.4 Å². The summed E-state index contributed by atoms with van der Waals surface area (Å²) in [5.41, 5.74) is 16.5. The van der Waals surface area contributed by atoms with Crippen LogP contribution in [-0.2, 0) is 19.2 Å². The minimum atomic E-state index is -1.05. The van der Waals surface area contributed by atoms with Gasteiger partial charge in [-0.2, -0.15) is 0 Å². The van der Waals surface area contributed by atoms with Crippen LogP contribution in [0.25, 0.3) is 0 Å². The van der Waals surface area contributed by atoms with Gasteiger partial charge in [-0.25, -0.2) is 4.79 Å². The van der Waals surface area contributed by atoms with E-state index in [1.807, 2.05) is 13.8 Å². The van der Waals surface area contributed by atoms with Crippen molar-refractivity contribution in [3.8, 4) is 0 Å². The van der Waals surface area contributed by atoms with E-state index in [-0.39, 0.29) is 17.8 Å². The highest BCUT2D eigenvalue weighted by Crippen LogP contribution is 2.20. The van der Waals surface area contributed by atoms with Gasteiger partial charge >= 0.3 is 5.97 Å². The van der Waals surface area contributed by atoms with Crippen LogP contribution in [0, 0.1) is 11.8 Å². The fourth-order valence-electron chi connectivity index (χ4n) is 3.89. The molecule has 1 saturated heterocycles. The summed E-state index contributed by atoms with van der Waals surface area (Å²) < 4.78 is 0. The smallest absolute Gasteiger partial charge is 0.326 e. The second kappa shape index (κ2) is 13.7. The van der Waals surface area contributed by atoms with Crippen molar-refractivity contribution in [3.05, 3.63) is 0 Å². The average Bonchev–Trinajstić information content (AvgIpc) is 3.23. The van der Waals surface area contributed by atoms with E-state index >= 15 is 0 Å². The van der Waals surface area contributed by atoms with Gasteiger partial charge in [0.25, 0.3) is 0 Å². The molecule has 1 fully saturated rings. The number of amides is 3. The maximum absolute atomic E-state index is 13.2. The summed E-state index contributed by atoms with van der Waals surface area (Å²) in [6.45, 7) is 8.04. The maximum atomic E-state index is 13.2. The van der Waals surface area contributed by atoms with E-state index in [1.54, 1.807) is 13.8 Å². The molecular weight excluding hydrogens is 442 g/mol. The largest absolute Gasteiger partial charge is 0.480 e. The van der Waals surface area contributed by atoms with Gasteiger partial charge < -0.3 is 37.8 Å². The lowest BCUT2D eigenvalue weighted by Crippen LogP contribution is -2.58. The van der Waals surface area contributed by atoms with Crippen LogP contribution in [0.1, 0.15) is 59.8 Å². The number of carboxylic acids is 1. The molecule has 0 spiro atoms. The summed E-state index contributed by atoms with van der Waals surface area (Å²) in [5, 5.41) is 14.9. The Hall–Kier alpha value is -2.89. The molecule has 1 aliphatic rings.